The van der Waals surface area contributed by atoms with Gasteiger partial charge in [-0.05, 0) is 10.8 Å². The molecule has 80 valence electrons. The number of aromatic nitrogens is 4. The molecular weight excluding hydrogens is 202 g/mol. The first-order valence-corrected chi connectivity index (χ1v) is 5.06. The van der Waals surface area contributed by atoms with Crippen LogP contribution in [0.4, 0.5) is 0 Å². The minimum Gasteiger partial charge on any atom is -0.198 e. The van der Waals surface area contributed by atoms with Gasteiger partial charge in [0.2, 0.25) is 0 Å². The molecule has 0 radical (unpaired) electrons. The zero-order valence-corrected chi connectivity index (χ0v) is 8.74. The van der Waals surface area contributed by atoms with E-state index in [0.29, 0.717) is 25.2 Å². The predicted molar refractivity (Wildman–Crippen MR) is 57.3 cm³/mol. The van der Waals surface area contributed by atoms with Gasteiger partial charge < -0.3 is 0 Å². The van der Waals surface area contributed by atoms with Gasteiger partial charge in [0.05, 0.1) is 12.6 Å². The van der Waals surface area contributed by atoms with E-state index in [-0.39, 0.29) is 0 Å². The van der Waals surface area contributed by atoms with Crippen LogP contribution in [0.2, 0.25) is 0 Å². The molecule has 1 aromatic heterocycles. The van der Waals surface area contributed by atoms with Crippen LogP contribution in [0.15, 0.2) is 30.3 Å². The van der Waals surface area contributed by atoms with Crippen LogP contribution in [0.5, 0.6) is 0 Å². The maximum Gasteiger partial charge on any atom is 0.175 e. The summed E-state index contributed by atoms with van der Waals surface area (Å²) in [7, 11) is 0. The van der Waals surface area contributed by atoms with Gasteiger partial charge in [-0.15, -0.1) is 10.2 Å². The van der Waals surface area contributed by atoms with Crippen LogP contribution in [-0.4, -0.2) is 20.2 Å². The Kier molecular flexibility index (Phi) is 3.24. The largest absolute Gasteiger partial charge is 0.198 e. The van der Waals surface area contributed by atoms with E-state index in [1.807, 2.05) is 30.3 Å². The molecule has 0 bridgehead atoms. The van der Waals surface area contributed by atoms with E-state index in [1.54, 1.807) is 4.80 Å². The van der Waals surface area contributed by atoms with Crippen molar-refractivity contribution in [2.75, 3.05) is 0 Å². The van der Waals surface area contributed by atoms with E-state index in [0.717, 1.165) is 5.56 Å². The molecule has 0 N–H and O–H groups in total. The Labute approximate surface area is 93.3 Å². The minimum atomic E-state index is 0.428. The van der Waals surface area contributed by atoms with Crippen molar-refractivity contribution >= 4 is 0 Å². The molecule has 0 aliphatic carbocycles. The van der Waals surface area contributed by atoms with E-state index in [4.69, 9.17) is 5.26 Å². The van der Waals surface area contributed by atoms with Crippen LogP contribution in [0, 0.1) is 11.3 Å². The Morgan fingerprint density at radius 1 is 1.25 bits per heavy atom. The molecule has 16 heavy (non-hydrogen) atoms. The van der Waals surface area contributed by atoms with Gasteiger partial charge in [0.25, 0.3) is 0 Å². The summed E-state index contributed by atoms with van der Waals surface area (Å²) in [5.74, 6) is 0.623. The van der Waals surface area contributed by atoms with Crippen LogP contribution in [0.25, 0.3) is 0 Å². The van der Waals surface area contributed by atoms with Gasteiger partial charge in [-0.2, -0.15) is 10.1 Å². The fraction of sp³-hybridized carbons (Fsp3) is 0.273. The number of tetrazole rings is 1. The first kappa shape index (κ1) is 10.3. The van der Waals surface area contributed by atoms with Crippen molar-refractivity contribution in [1.82, 2.24) is 20.2 Å². The first-order valence-electron chi connectivity index (χ1n) is 5.06. The first-order chi connectivity index (χ1) is 7.88. The molecule has 5 nitrogen and oxygen atoms in total. The van der Waals surface area contributed by atoms with Gasteiger partial charge in [-0.25, -0.2) is 0 Å². The second kappa shape index (κ2) is 5.03. The van der Waals surface area contributed by atoms with Gasteiger partial charge in [-0.3, -0.25) is 0 Å². The zero-order valence-electron chi connectivity index (χ0n) is 8.74. The van der Waals surface area contributed by atoms with E-state index in [1.165, 1.54) is 0 Å². The molecule has 5 heteroatoms. The van der Waals surface area contributed by atoms with Crippen molar-refractivity contribution < 1.29 is 0 Å². The van der Waals surface area contributed by atoms with Gasteiger partial charge in [0.15, 0.2) is 5.82 Å². The molecule has 0 amide bonds. The lowest BCUT2D eigenvalue weighted by atomic mass is 10.2. The second-order valence-electron chi connectivity index (χ2n) is 3.38. The predicted octanol–water partition coefficient (Wildman–Crippen LogP) is 1.18. The Morgan fingerprint density at radius 2 is 2.06 bits per heavy atom. The van der Waals surface area contributed by atoms with Crippen molar-refractivity contribution in [3.8, 4) is 6.07 Å². The topological polar surface area (TPSA) is 67.4 Å². The van der Waals surface area contributed by atoms with Crippen LogP contribution in [0.3, 0.4) is 0 Å². The number of rotatable bonds is 4. The zero-order chi connectivity index (χ0) is 11.2. The molecule has 0 unspecified atom stereocenters. The van der Waals surface area contributed by atoms with Crippen molar-refractivity contribution in [3.05, 3.63) is 41.7 Å². The van der Waals surface area contributed by atoms with Crippen molar-refractivity contribution in [3.63, 3.8) is 0 Å². The third kappa shape index (κ3) is 2.64. The molecule has 0 atom stereocenters. The summed E-state index contributed by atoms with van der Waals surface area (Å²) in [6, 6.07) is 12.0. The van der Waals surface area contributed by atoms with Gasteiger partial charge in [0.1, 0.15) is 0 Å². The summed E-state index contributed by atoms with van der Waals surface area (Å²) in [5, 5.41) is 20.4. The van der Waals surface area contributed by atoms with Crippen LogP contribution in [-0.2, 0) is 13.0 Å². The fourth-order valence-electron chi connectivity index (χ4n) is 1.36. The lowest BCUT2D eigenvalue weighted by Crippen LogP contribution is -2.04. The highest BCUT2D eigenvalue weighted by Crippen LogP contribution is 2.00. The average molecular weight is 213 g/mol. The molecule has 2 aromatic rings. The molecular formula is C11H11N5. The van der Waals surface area contributed by atoms with Crippen LogP contribution < -0.4 is 0 Å². The molecule has 2 rings (SSSR count). The quantitative estimate of drug-likeness (QED) is 0.764. The molecule has 0 saturated carbocycles. The number of hydrogen-bond acceptors (Lipinski definition) is 4. The maximum absolute atomic E-state index is 8.44. The van der Waals surface area contributed by atoms with Gasteiger partial charge >= 0.3 is 0 Å². The third-order valence-corrected chi connectivity index (χ3v) is 2.12. The Bertz CT molecular complexity index is 483. The highest BCUT2D eigenvalue weighted by Gasteiger charge is 2.02. The fourth-order valence-corrected chi connectivity index (χ4v) is 1.36. The number of hydrogen-bond donors (Lipinski definition) is 0. The minimum absolute atomic E-state index is 0.428. The summed E-state index contributed by atoms with van der Waals surface area (Å²) in [6.45, 7) is 0.612. The molecule has 0 aliphatic rings. The third-order valence-electron chi connectivity index (χ3n) is 2.12. The molecule has 0 fully saturated rings. The Hall–Kier alpha value is -2.22. The maximum atomic E-state index is 8.44. The average Bonchev–Trinajstić information content (AvgIpc) is 2.75. The molecule has 0 spiro atoms. The summed E-state index contributed by atoms with van der Waals surface area (Å²) in [5.41, 5.74) is 1.13. The Morgan fingerprint density at radius 3 is 2.81 bits per heavy atom. The van der Waals surface area contributed by atoms with E-state index in [2.05, 4.69) is 21.5 Å². The standard InChI is InChI=1S/C11H11N5/c12-8-4-7-11-13-15-16(14-11)9-10-5-2-1-3-6-10/h1-3,5-6H,4,7,9H2. The number of nitriles is 1. The lowest BCUT2D eigenvalue weighted by molar-refractivity contribution is 0.570. The van der Waals surface area contributed by atoms with Crippen LogP contribution >= 0.6 is 0 Å². The molecule has 0 aliphatic heterocycles. The van der Waals surface area contributed by atoms with Crippen molar-refractivity contribution in [2.24, 2.45) is 0 Å². The van der Waals surface area contributed by atoms with Gasteiger partial charge in [0, 0.05) is 12.8 Å². The summed E-state index contributed by atoms with van der Waals surface area (Å²) < 4.78 is 0. The highest BCUT2D eigenvalue weighted by atomic mass is 15.6. The second-order valence-corrected chi connectivity index (χ2v) is 3.38. The Balaban J connectivity index is 2.01. The summed E-state index contributed by atoms with van der Waals surface area (Å²) in [4.78, 5) is 1.54. The van der Waals surface area contributed by atoms with E-state index in [9.17, 15) is 0 Å². The van der Waals surface area contributed by atoms with Crippen LogP contribution in [0.1, 0.15) is 17.8 Å². The summed E-state index contributed by atoms with van der Waals surface area (Å²) in [6.07, 6.45) is 0.988. The number of nitrogens with zero attached hydrogens (tertiary/aromatic N) is 5. The van der Waals surface area contributed by atoms with Crippen molar-refractivity contribution in [2.45, 2.75) is 19.4 Å². The highest BCUT2D eigenvalue weighted by molar-refractivity contribution is 5.14. The van der Waals surface area contributed by atoms with Crippen molar-refractivity contribution in [1.29, 1.82) is 5.26 Å². The monoisotopic (exact) mass is 213 g/mol. The van der Waals surface area contributed by atoms with E-state index >= 15 is 0 Å². The van der Waals surface area contributed by atoms with E-state index < -0.39 is 0 Å². The number of benzene rings is 1. The molecule has 1 heterocycles. The molecule has 1 aromatic carbocycles. The number of aryl methyl sites for hydroxylation is 1. The van der Waals surface area contributed by atoms with Gasteiger partial charge in [-0.1, -0.05) is 30.3 Å². The SMILES string of the molecule is N#CCCc1nnn(Cc2ccccc2)n1. The normalized spacial score (nSPS) is 9.94. The summed E-state index contributed by atoms with van der Waals surface area (Å²) >= 11 is 0. The smallest absolute Gasteiger partial charge is 0.175 e. The molecule has 0 saturated heterocycles. The lowest BCUT2D eigenvalue weighted by Gasteiger charge is -1.97.